The minimum Gasteiger partial charge on any atom is -0.372 e. The Morgan fingerprint density at radius 1 is 1.30 bits per heavy atom. The van der Waals surface area contributed by atoms with Crippen molar-refractivity contribution >= 4 is 11.5 Å². The molecular weight excluding hydrogens is 252 g/mol. The van der Waals surface area contributed by atoms with Crippen molar-refractivity contribution in [3.8, 4) is 5.82 Å². The van der Waals surface area contributed by atoms with E-state index < -0.39 is 0 Å². The predicted molar refractivity (Wildman–Crippen MR) is 78.5 cm³/mol. The van der Waals surface area contributed by atoms with Gasteiger partial charge in [0.1, 0.15) is 5.82 Å². The van der Waals surface area contributed by atoms with Crippen LogP contribution in [-0.2, 0) is 6.42 Å². The topological polar surface area (TPSA) is 60.0 Å². The van der Waals surface area contributed by atoms with Crippen LogP contribution in [0.1, 0.15) is 23.9 Å². The first kappa shape index (κ1) is 12.7. The third-order valence-corrected chi connectivity index (χ3v) is 3.61. The summed E-state index contributed by atoms with van der Waals surface area (Å²) >= 11 is 0. The van der Waals surface area contributed by atoms with Gasteiger partial charge in [-0.25, -0.2) is 14.6 Å². The van der Waals surface area contributed by atoms with E-state index >= 15 is 0 Å². The number of anilines is 1. The Morgan fingerprint density at radius 2 is 2.10 bits per heavy atom. The van der Waals surface area contributed by atoms with Gasteiger partial charge in [-0.1, -0.05) is 6.92 Å². The lowest BCUT2D eigenvalue weighted by Crippen LogP contribution is -2.08. The van der Waals surface area contributed by atoms with Crippen molar-refractivity contribution in [3.63, 3.8) is 0 Å². The second kappa shape index (κ2) is 4.63. The van der Waals surface area contributed by atoms with Gasteiger partial charge in [-0.15, -0.1) is 0 Å². The monoisotopic (exact) mass is 270 g/mol. The lowest BCUT2D eigenvalue weighted by Gasteiger charge is -2.08. The second-order valence-corrected chi connectivity index (χ2v) is 4.77. The molecule has 0 aliphatic rings. The zero-order chi connectivity index (χ0) is 14.3. The summed E-state index contributed by atoms with van der Waals surface area (Å²) in [7, 11) is 1.85. The second-order valence-electron chi connectivity index (χ2n) is 4.77. The summed E-state index contributed by atoms with van der Waals surface area (Å²) in [5, 5.41) is 7.70. The Bertz CT molecular complexity index is 767. The standard InChI is InChI=1S/C14H18N6/c1-5-11-9(2)18-20(10(11)3)14-13-16-6-7-19(13)8-12(15-4)17-14/h6-8,15H,5H2,1-4H3. The number of hydrogen-bond acceptors (Lipinski definition) is 4. The average Bonchev–Trinajstić information content (AvgIpc) is 3.02. The molecule has 1 N–H and O–H groups in total. The molecule has 0 aliphatic heterocycles. The van der Waals surface area contributed by atoms with Crippen molar-refractivity contribution in [2.75, 3.05) is 12.4 Å². The number of fused-ring (bicyclic) bond motifs is 1. The molecule has 3 heterocycles. The van der Waals surface area contributed by atoms with E-state index in [1.165, 1.54) is 5.56 Å². The molecule has 0 fully saturated rings. The molecule has 3 rings (SSSR count). The lowest BCUT2D eigenvalue weighted by molar-refractivity contribution is 0.803. The Morgan fingerprint density at radius 3 is 2.75 bits per heavy atom. The molecule has 0 amide bonds. The van der Waals surface area contributed by atoms with E-state index in [9.17, 15) is 0 Å². The van der Waals surface area contributed by atoms with Gasteiger partial charge in [0.05, 0.1) is 11.9 Å². The fourth-order valence-corrected chi connectivity index (χ4v) is 2.57. The van der Waals surface area contributed by atoms with E-state index in [0.717, 1.165) is 35.1 Å². The van der Waals surface area contributed by atoms with Gasteiger partial charge in [-0.3, -0.25) is 0 Å². The molecule has 0 aromatic carbocycles. The van der Waals surface area contributed by atoms with Gasteiger partial charge in [0.15, 0.2) is 11.5 Å². The maximum atomic E-state index is 4.63. The molecule has 0 aliphatic carbocycles. The van der Waals surface area contributed by atoms with Gasteiger partial charge < -0.3 is 9.72 Å². The van der Waals surface area contributed by atoms with Crippen LogP contribution < -0.4 is 5.32 Å². The molecule has 3 aromatic rings. The number of nitrogens with one attached hydrogen (secondary N) is 1. The highest BCUT2D eigenvalue weighted by Gasteiger charge is 2.16. The third kappa shape index (κ3) is 1.76. The number of aryl methyl sites for hydroxylation is 1. The van der Waals surface area contributed by atoms with E-state index in [-0.39, 0.29) is 0 Å². The van der Waals surface area contributed by atoms with Crippen LogP contribution in [0.5, 0.6) is 0 Å². The minimum absolute atomic E-state index is 0.752. The molecule has 104 valence electrons. The number of aromatic nitrogens is 5. The quantitative estimate of drug-likeness (QED) is 0.792. The Balaban J connectivity index is 2.31. The summed E-state index contributed by atoms with van der Waals surface area (Å²) in [5.41, 5.74) is 4.24. The molecule has 6 nitrogen and oxygen atoms in total. The van der Waals surface area contributed by atoms with Crippen molar-refractivity contribution in [1.82, 2.24) is 24.1 Å². The SMILES string of the molecule is CCc1c(C)nn(-c2nc(NC)cn3ccnc23)c1C. The largest absolute Gasteiger partial charge is 0.372 e. The molecule has 3 aromatic heterocycles. The van der Waals surface area contributed by atoms with Gasteiger partial charge in [0, 0.05) is 25.1 Å². The van der Waals surface area contributed by atoms with Crippen LogP contribution in [0, 0.1) is 13.8 Å². The van der Waals surface area contributed by atoms with Crippen LogP contribution in [-0.4, -0.2) is 31.2 Å². The third-order valence-electron chi connectivity index (χ3n) is 3.61. The van der Waals surface area contributed by atoms with Gasteiger partial charge >= 0.3 is 0 Å². The number of hydrogen-bond donors (Lipinski definition) is 1. The molecule has 20 heavy (non-hydrogen) atoms. The van der Waals surface area contributed by atoms with Crippen LogP contribution in [0.25, 0.3) is 11.5 Å². The van der Waals surface area contributed by atoms with Crippen LogP contribution in [0.3, 0.4) is 0 Å². The highest BCUT2D eigenvalue weighted by atomic mass is 15.3. The zero-order valence-electron chi connectivity index (χ0n) is 12.2. The van der Waals surface area contributed by atoms with Crippen LogP contribution in [0.4, 0.5) is 5.82 Å². The highest BCUT2D eigenvalue weighted by Crippen LogP contribution is 2.21. The first-order chi connectivity index (χ1) is 9.65. The molecule has 0 spiro atoms. The molecule has 0 atom stereocenters. The van der Waals surface area contributed by atoms with Gasteiger partial charge in [-0.05, 0) is 25.8 Å². The maximum absolute atomic E-state index is 4.63. The predicted octanol–water partition coefficient (Wildman–Crippen LogP) is 2.14. The number of nitrogens with zero attached hydrogens (tertiary/aromatic N) is 5. The Kier molecular flexibility index (Phi) is 2.93. The summed E-state index contributed by atoms with van der Waals surface area (Å²) in [5.74, 6) is 1.54. The fourth-order valence-electron chi connectivity index (χ4n) is 2.57. The summed E-state index contributed by atoms with van der Waals surface area (Å²) in [4.78, 5) is 9.01. The van der Waals surface area contributed by atoms with Gasteiger partial charge in [-0.2, -0.15) is 5.10 Å². The highest BCUT2D eigenvalue weighted by molar-refractivity contribution is 5.58. The van der Waals surface area contributed by atoms with Crippen LogP contribution in [0.15, 0.2) is 18.6 Å². The number of imidazole rings is 1. The minimum atomic E-state index is 0.752. The van der Waals surface area contributed by atoms with Gasteiger partial charge in [0.25, 0.3) is 0 Å². The van der Waals surface area contributed by atoms with E-state index in [1.807, 2.05) is 35.4 Å². The van der Waals surface area contributed by atoms with E-state index in [4.69, 9.17) is 0 Å². The number of rotatable bonds is 3. The molecule has 0 saturated heterocycles. The van der Waals surface area contributed by atoms with E-state index in [2.05, 4.69) is 34.2 Å². The summed E-state index contributed by atoms with van der Waals surface area (Å²) < 4.78 is 3.84. The van der Waals surface area contributed by atoms with Crippen molar-refractivity contribution in [2.45, 2.75) is 27.2 Å². The first-order valence-electron chi connectivity index (χ1n) is 6.72. The van der Waals surface area contributed by atoms with Gasteiger partial charge in [0.2, 0.25) is 0 Å². The summed E-state index contributed by atoms with van der Waals surface area (Å²) in [6.45, 7) is 6.25. The summed E-state index contributed by atoms with van der Waals surface area (Å²) in [6, 6.07) is 0. The molecular formula is C14H18N6. The normalized spacial score (nSPS) is 11.2. The average molecular weight is 270 g/mol. The smallest absolute Gasteiger partial charge is 0.199 e. The van der Waals surface area contributed by atoms with Crippen molar-refractivity contribution in [1.29, 1.82) is 0 Å². The van der Waals surface area contributed by atoms with Crippen LogP contribution >= 0.6 is 0 Å². The lowest BCUT2D eigenvalue weighted by atomic mass is 10.1. The van der Waals surface area contributed by atoms with Crippen LogP contribution in [0.2, 0.25) is 0 Å². The maximum Gasteiger partial charge on any atom is 0.199 e. The molecule has 0 saturated carbocycles. The van der Waals surface area contributed by atoms with Crippen molar-refractivity contribution in [2.24, 2.45) is 0 Å². The molecule has 0 radical (unpaired) electrons. The van der Waals surface area contributed by atoms with Crippen molar-refractivity contribution in [3.05, 3.63) is 35.5 Å². The van der Waals surface area contributed by atoms with E-state index in [1.54, 1.807) is 6.20 Å². The molecule has 6 heteroatoms. The zero-order valence-corrected chi connectivity index (χ0v) is 12.2. The van der Waals surface area contributed by atoms with Crippen molar-refractivity contribution < 1.29 is 0 Å². The molecule has 0 bridgehead atoms. The fraction of sp³-hybridized carbons (Fsp3) is 0.357. The first-order valence-corrected chi connectivity index (χ1v) is 6.72. The van der Waals surface area contributed by atoms with E-state index in [0.29, 0.717) is 0 Å². The molecule has 0 unspecified atom stereocenters. The Labute approximate surface area is 117 Å². The summed E-state index contributed by atoms with van der Waals surface area (Å²) in [6.07, 6.45) is 6.56. The Hall–Kier alpha value is -2.37.